The minimum Gasteiger partial charge on any atom is -0.486 e. The van der Waals surface area contributed by atoms with Gasteiger partial charge in [0.2, 0.25) is 11.6 Å². The first-order valence-electron chi connectivity index (χ1n) is 8.70. The monoisotopic (exact) mass is 410 g/mol. The van der Waals surface area contributed by atoms with Crippen LogP contribution in [0.15, 0.2) is 75.7 Å². The third kappa shape index (κ3) is 4.64. The minimum absolute atomic E-state index is 0.0616. The number of benzene rings is 2. The van der Waals surface area contributed by atoms with E-state index in [1.54, 1.807) is 30.3 Å². The van der Waals surface area contributed by atoms with Crippen LogP contribution in [-0.4, -0.2) is 16.1 Å². The number of hydrogen-bond acceptors (Lipinski definition) is 7. The van der Waals surface area contributed by atoms with E-state index in [0.717, 1.165) is 0 Å². The second kappa shape index (κ2) is 8.62. The van der Waals surface area contributed by atoms with Gasteiger partial charge in [-0.05, 0) is 36.4 Å². The summed E-state index contributed by atoms with van der Waals surface area (Å²) in [6, 6.07) is 19.6. The number of esters is 1. The highest BCUT2D eigenvalue weighted by atomic mass is 35.5. The molecule has 0 bridgehead atoms. The van der Waals surface area contributed by atoms with Crippen molar-refractivity contribution in [2.75, 3.05) is 0 Å². The Bertz CT molecular complexity index is 1110. The zero-order valence-corrected chi connectivity index (χ0v) is 15.8. The Morgan fingerprint density at radius 1 is 0.966 bits per heavy atom. The van der Waals surface area contributed by atoms with Gasteiger partial charge in [-0.15, -0.1) is 0 Å². The van der Waals surface area contributed by atoms with Crippen LogP contribution >= 0.6 is 11.6 Å². The van der Waals surface area contributed by atoms with Crippen LogP contribution < -0.4 is 4.74 Å². The molecule has 0 spiro atoms. The second-order valence-corrected chi connectivity index (χ2v) is 6.35. The van der Waals surface area contributed by atoms with E-state index >= 15 is 0 Å². The van der Waals surface area contributed by atoms with Gasteiger partial charge in [0.25, 0.3) is 5.89 Å². The number of hydrogen-bond donors (Lipinski definition) is 0. The van der Waals surface area contributed by atoms with Gasteiger partial charge in [-0.25, -0.2) is 4.79 Å². The SMILES string of the molecule is O=C(OCc1noc(-c2ccccc2Cl)n1)c1ccc(COc2ccccc2)o1. The van der Waals surface area contributed by atoms with Crippen LogP contribution in [0.5, 0.6) is 5.75 Å². The molecule has 2 aromatic carbocycles. The Morgan fingerprint density at radius 3 is 2.59 bits per heavy atom. The molecule has 0 saturated heterocycles. The number of carbonyl (C=O) groups is 1. The lowest BCUT2D eigenvalue weighted by Crippen LogP contribution is -2.05. The molecule has 0 saturated carbocycles. The maximum absolute atomic E-state index is 12.2. The lowest BCUT2D eigenvalue weighted by Gasteiger charge is -2.03. The van der Waals surface area contributed by atoms with Crippen LogP contribution in [0.25, 0.3) is 11.5 Å². The van der Waals surface area contributed by atoms with Crippen LogP contribution in [0.3, 0.4) is 0 Å². The maximum atomic E-state index is 12.2. The molecule has 0 amide bonds. The smallest absolute Gasteiger partial charge is 0.374 e. The fraction of sp³-hybridized carbons (Fsp3) is 0.0952. The quantitative estimate of drug-likeness (QED) is 0.399. The van der Waals surface area contributed by atoms with Gasteiger partial charge in [0.15, 0.2) is 6.61 Å². The van der Waals surface area contributed by atoms with E-state index in [1.807, 2.05) is 30.3 Å². The summed E-state index contributed by atoms with van der Waals surface area (Å²) in [6.45, 7) is 0.0344. The number of carbonyl (C=O) groups excluding carboxylic acids is 1. The van der Waals surface area contributed by atoms with Gasteiger partial charge in [-0.3, -0.25) is 0 Å². The van der Waals surface area contributed by atoms with Gasteiger partial charge in [-0.1, -0.05) is 47.1 Å². The lowest BCUT2D eigenvalue weighted by molar-refractivity contribution is 0.0419. The molecule has 2 heterocycles. The van der Waals surface area contributed by atoms with E-state index in [9.17, 15) is 4.79 Å². The van der Waals surface area contributed by atoms with Gasteiger partial charge in [0.1, 0.15) is 18.1 Å². The molecule has 4 rings (SSSR count). The number of aromatic nitrogens is 2. The highest BCUT2D eigenvalue weighted by molar-refractivity contribution is 6.33. The summed E-state index contributed by atoms with van der Waals surface area (Å²) in [7, 11) is 0. The van der Waals surface area contributed by atoms with E-state index in [2.05, 4.69) is 10.1 Å². The number of nitrogens with zero attached hydrogens (tertiary/aromatic N) is 2. The molecule has 146 valence electrons. The predicted molar refractivity (Wildman–Crippen MR) is 103 cm³/mol. The summed E-state index contributed by atoms with van der Waals surface area (Å²) in [5.74, 6) is 1.10. The van der Waals surface area contributed by atoms with Crippen molar-refractivity contribution in [1.29, 1.82) is 0 Å². The normalized spacial score (nSPS) is 10.7. The number of ether oxygens (including phenoxy) is 2. The molecule has 0 unspecified atom stereocenters. The fourth-order valence-electron chi connectivity index (χ4n) is 2.49. The molecule has 0 N–H and O–H groups in total. The molecule has 0 radical (unpaired) electrons. The van der Waals surface area contributed by atoms with Gasteiger partial charge in [0.05, 0.1) is 10.6 Å². The summed E-state index contributed by atoms with van der Waals surface area (Å²) in [4.78, 5) is 16.4. The van der Waals surface area contributed by atoms with Crippen LogP contribution in [0, 0.1) is 0 Å². The first-order chi connectivity index (χ1) is 14.2. The van der Waals surface area contributed by atoms with Crippen molar-refractivity contribution in [3.63, 3.8) is 0 Å². The Balaban J connectivity index is 1.32. The Labute approximate surface area is 170 Å². The topological polar surface area (TPSA) is 87.6 Å². The maximum Gasteiger partial charge on any atom is 0.374 e. The van der Waals surface area contributed by atoms with Gasteiger partial charge in [-0.2, -0.15) is 4.98 Å². The molecule has 2 aromatic heterocycles. The summed E-state index contributed by atoms with van der Waals surface area (Å²) in [5, 5.41) is 4.28. The number of halogens is 1. The molecule has 4 aromatic rings. The Kier molecular flexibility index (Phi) is 5.58. The van der Waals surface area contributed by atoms with Crippen molar-refractivity contribution in [2.45, 2.75) is 13.2 Å². The zero-order chi connectivity index (χ0) is 20.1. The Hall–Kier alpha value is -3.58. The van der Waals surface area contributed by atoms with Crippen molar-refractivity contribution in [1.82, 2.24) is 10.1 Å². The first-order valence-corrected chi connectivity index (χ1v) is 9.08. The highest BCUT2D eigenvalue weighted by Crippen LogP contribution is 2.26. The summed E-state index contributed by atoms with van der Waals surface area (Å²) in [5.41, 5.74) is 0.605. The molecule has 0 aliphatic carbocycles. The van der Waals surface area contributed by atoms with Crippen LogP contribution in [0.2, 0.25) is 5.02 Å². The molecule has 7 nitrogen and oxygen atoms in total. The average Bonchev–Trinajstić information content (AvgIpc) is 3.41. The number of rotatable bonds is 7. The first kappa shape index (κ1) is 18.8. The molecule has 0 atom stereocenters. The summed E-state index contributed by atoms with van der Waals surface area (Å²) >= 11 is 6.11. The highest BCUT2D eigenvalue weighted by Gasteiger charge is 2.16. The van der Waals surface area contributed by atoms with Crippen LogP contribution in [0.4, 0.5) is 0 Å². The van der Waals surface area contributed by atoms with Crippen molar-refractivity contribution < 1.29 is 23.2 Å². The van der Waals surface area contributed by atoms with Crippen molar-refractivity contribution >= 4 is 17.6 Å². The van der Waals surface area contributed by atoms with Crippen molar-refractivity contribution in [3.8, 4) is 17.2 Å². The Morgan fingerprint density at radius 2 is 1.76 bits per heavy atom. The van der Waals surface area contributed by atoms with Crippen molar-refractivity contribution in [2.24, 2.45) is 0 Å². The van der Waals surface area contributed by atoms with E-state index in [1.165, 1.54) is 6.07 Å². The molecular formula is C21H15ClN2O5. The predicted octanol–water partition coefficient (Wildman–Crippen LogP) is 4.92. The van der Waals surface area contributed by atoms with Crippen LogP contribution in [-0.2, 0) is 18.0 Å². The largest absolute Gasteiger partial charge is 0.486 e. The average molecular weight is 411 g/mol. The van der Waals surface area contributed by atoms with E-state index in [-0.39, 0.29) is 30.7 Å². The van der Waals surface area contributed by atoms with E-state index in [4.69, 9.17) is 30.0 Å². The van der Waals surface area contributed by atoms with Gasteiger partial charge in [0, 0.05) is 0 Å². The molecule has 0 aliphatic heterocycles. The number of para-hydroxylation sites is 1. The summed E-state index contributed by atoms with van der Waals surface area (Å²) in [6.07, 6.45) is 0. The fourth-order valence-corrected chi connectivity index (χ4v) is 2.71. The molecule has 0 fully saturated rings. The van der Waals surface area contributed by atoms with Gasteiger partial charge >= 0.3 is 5.97 Å². The third-order valence-corrected chi connectivity index (χ3v) is 4.22. The lowest BCUT2D eigenvalue weighted by atomic mass is 10.2. The van der Waals surface area contributed by atoms with E-state index < -0.39 is 5.97 Å². The molecule has 29 heavy (non-hydrogen) atoms. The molecular weight excluding hydrogens is 396 g/mol. The zero-order valence-electron chi connectivity index (χ0n) is 15.1. The van der Waals surface area contributed by atoms with Gasteiger partial charge < -0.3 is 18.4 Å². The number of furan rings is 1. The van der Waals surface area contributed by atoms with Crippen molar-refractivity contribution in [3.05, 3.63) is 89.1 Å². The summed E-state index contributed by atoms with van der Waals surface area (Å²) < 4.78 is 21.4. The molecule has 8 heteroatoms. The van der Waals surface area contributed by atoms with E-state index in [0.29, 0.717) is 22.1 Å². The molecule has 0 aliphatic rings. The minimum atomic E-state index is -0.639. The standard InChI is InChI=1S/C21H15ClN2O5/c22-17-9-5-4-8-16(17)20-23-19(24-29-20)13-27-21(25)18-11-10-15(28-18)12-26-14-6-2-1-3-7-14/h1-11H,12-13H2. The van der Waals surface area contributed by atoms with Crippen LogP contribution in [0.1, 0.15) is 22.1 Å². The third-order valence-electron chi connectivity index (χ3n) is 3.89. The second-order valence-electron chi connectivity index (χ2n) is 5.94.